The van der Waals surface area contributed by atoms with E-state index in [4.69, 9.17) is 23.2 Å². The summed E-state index contributed by atoms with van der Waals surface area (Å²) in [6.07, 6.45) is 0.895. The molecule has 2 saturated heterocycles. The number of hydrogen-bond donors (Lipinski definition) is 0. The minimum Gasteiger partial charge on any atom is -0.316 e. The normalized spacial score (nSPS) is 24.1. The van der Waals surface area contributed by atoms with Gasteiger partial charge in [-0.1, -0.05) is 65.3 Å². The average Bonchev–Trinajstić information content (AvgIpc) is 3.14. The number of carbonyl (C=O) groups is 1. The number of fused-ring (bicyclic) bond motifs is 1. The third kappa shape index (κ3) is 4.63. The number of benzene rings is 2. The second-order valence-electron chi connectivity index (χ2n) is 7.04. The smallest absolute Gasteiger partial charge is 0.248 e. The van der Waals surface area contributed by atoms with Crippen LogP contribution in [-0.2, 0) is 21.1 Å². The third-order valence-electron chi connectivity index (χ3n) is 4.94. The van der Waals surface area contributed by atoms with Crippen molar-refractivity contribution in [3.8, 4) is 0 Å². The minimum atomic E-state index is -3.12. The Morgan fingerprint density at radius 1 is 1.10 bits per heavy atom. The molecule has 0 unspecified atom stereocenters. The molecule has 29 heavy (non-hydrogen) atoms. The van der Waals surface area contributed by atoms with Gasteiger partial charge in [0.2, 0.25) is 5.91 Å². The standard InChI is InChI=1S/C20H18Cl2N2O3S2/c21-15-8-7-14(10-16(15)22)24-17-11-29(26,27)12-18(17)28-20(24)23-19(25)9-6-13-4-2-1-3-5-13/h1-5,7-8,10,17-18H,6,9,11-12H2/t17-,18+/m1/s1. The minimum absolute atomic E-state index is 0.0299. The highest BCUT2D eigenvalue weighted by Crippen LogP contribution is 2.42. The first-order chi connectivity index (χ1) is 13.8. The molecule has 2 aliphatic rings. The summed E-state index contributed by atoms with van der Waals surface area (Å²) in [7, 11) is -3.12. The van der Waals surface area contributed by atoms with Gasteiger partial charge in [0.25, 0.3) is 0 Å². The summed E-state index contributed by atoms with van der Waals surface area (Å²) < 4.78 is 24.3. The summed E-state index contributed by atoms with van der Waals surface area (Å²) in [6.45, 7) is 0. The lowest BCUT2D eigenvalue weighted by atomic mass is 10.1. The van der Waals surface area contributed by atoms with Crippen molar-refractivity contribution in [2.45, 2.75) is 24.1 Å². The van der Waals surface area contributed by atoms with Crippen LogP contribution in [0.2, 0.25) is 10.0 Å². The molecule has 2 heterocycles. The number of aliphatic imine (C=N–C) groups is 1. The molecule has 152 valence electrons. The highest BCUT2D eigenvalue weighted by Gasteiger charge is 2.49. The first kappa shape index (κ1) is 20.7. The van der Waals surface area contributed by atoms with E-state index in [-0.39, 0.29) is 35.1 Å². The van der Waals surface area contributed by atoms with Crippen LogP contribution in [0.1, 0.15) is 12.0 Å². The van der Waals surface area contributed by atoms with Crippen molar-refractivity contribution in [1.82, 2.24) is 0 Å². The van der Waals surface area contributed by atoms with Crippen LogP contribution >= 0.6 is 35.0 Å². The second-order valence-corrected chi connectivity index (χ2v) is 11.2. The Labute approximate surface area is 184 Å². The molecule has 0 N–H and O–H groups in total. The van der Waals surface area contributed by atoms with Crippen molar-refractivity contribution < 1.29 is 13.2 Å². The molecule has 0 radical (unpaired) electrons. The molecule has 1 amide bonds. The molecular weight excluding hydrogens is 451 g/mol. The average molecular weight is 469 g/mol. The molecule has 4 rings (SSSR count). The number of aryl methyl sites for hydroxylation is 1. The van der Waals surface area contributed by atoms with Crippen molar-refractivity contribution >= 4 is 61.6 Å². The fraction of sp³-hybridized carbons (Fsp3) is 0.300. The number of carbonyl (C=O) groups excluding carboxylic acids is 1. The van der Waals surface area contributed by atoms with E-state index >= 15 is 0 Å². The number of amides is 1. The number of rotatable bonds is 4. The lowest BCUT2D eigenvalue weighted by molar-refractivity contribution is -0.117. The van der Waals surface area contributed by atoms with Gasteiger partial charge in [-0.25, -0.2) is 8.42 Å². The van der Waals surface area contributed by atoms with Gasteiger partial charge in [-0.15, -0.1) is 0 Å². The Bertz CT molecular complexity index is 1070. The zero-order chi connectivity index (χ0) is 20.6. The van der Waals surface area contributed by atoms with E-state index < -0.39 is 9.84 Å². The number of hydrogen-bond acceptors (Lipinski definition) is 4. The Hall–Kier alpha value is -1.54. The number of amidine groups is 1. The SMILES string of the molecule is O=C(CCc1ccccc1)N=C1S[C@H]2CS(=O)(=O)C[C@H]2N1c1ccc(Cl)c(Cl)c1. The van der Waals surface area contributed by atoms with Crippen molar-refractivity contribution in [3.05, 3.63) is 64.1 Å². The van der Waals surface area contributed by atoms with Gasteiger partial charge < -0.3 is 4.90 Å². The molecule has 9 heteroatoms. The van der Waals surface area contributed by atoms with Crippen LogP contribution in [0.3, 0.4) is 0 Å². The lowest BCUT2D eigenvalue weighted by Crippen LogP contribution is -2.37. The molecule has 0 saturated carbocycles. The maximum Gasteiger partial charge on any atom is 0.248 e. The van der Waals surface area contributed by atoms with Gasteiger partial charge in [0.15, 0.2) is 15.0 Å². The predicted molar refractivity (Wildman–Crippen MR) is 120 cm³/mol. The van der Waals surface area contributed by atoms with E-state index in [1.165, 1.54) is 11.8 Å². The highest BCUT2D eigenvalue weighted by molar-refractivity contribution is 8.16. The van der Waals surface area contributed by atoms with Crippen LogP contribution in [-0.4, -0.2) is 42.3 Å². The summed E-state index contributed by atoms with van der Waals surface area (Å²) in [5.74, 6) is -0.122. The van der Waals surface area contributed by atoms with Gasteiger partial charge in [-0.3, -0.25) is 4.79 Å². The van der Waals surface area contributed by atoms with Gasteiger partial charge >= 0.3 is 0 Å². The Morgan fingerprint density at radius 3 is 2.59 bits per heavy atom. The first-order valence-corrected chi connectivity index (χ1v) is 12.5. The van der Waals surface area contributed by atoms with Crippen LogP contribution in [0.15, 0.2) is 53.5 Å². The van der Waals surface area contributed by atoms with Crippen LogP contribution in [0.4, 0.5) is 5.69 Å². The Balaban J connectivity index is 1.59. The van der Waals surface area contributed by atoms with Gasteiger partial charge in [-0.2, -0.15) is 4.99 Å². The van der Waals surface area contributed by atoms with E-state index in [9.17, 15) is 13.2 Å². The molecule has 2 aromatic carbocycles. The number of halogens is 2. The molecule has 2 atom stereocenters. The highest BCUT2D eigenvalue weighted by atomic mass is 35.5. The third-order valence-corrected chi connectivity index (χ3v) is 8.89. The van der Waals surface area contributed by atoms with Crippen molar-refractivity contribution in [3.63, 3.8) is 0 Å². The maximum absolute atomic E-state index is 12.5. The van der Waals surface area contributed by atoms with Gasteiger partial charge in [0, 0.05) is 17.4 Å². The summed E-state index contributed by atoms with van der Waals surface area (Å²) in [5, 5.41) is 1.14. The zero-order valence-electron chi connectivity index (χ0n) is 15.3. The largest absolute Gasteiger partial charge is 0.316 e. The van der Waals surface area contributed by atoms with Crippen molar-refractivity contribution in [2.75, 3.05) is 16.4 Å². The van der Waals surface area contributed by atoms with Gasteiger partial charge in [0.05, 0.1) is 27.6 Å². The number of sulfone groups is 1. The van der Waals surface area contributed by atoms with Crippen LogP contribution in [0, 0.1) is 0 Å². The van der Waals surface area contributed by atoms with E-state index in [0.29, 0.717) is 27.3 Å². The van der Waals surface area contributed by atoms with E-state index in [0.717, 1.165) is 5.56 Å². The molecule has 2 aromatic rings. The van der Waals surface area contributed by atoms with Gasteiger partial charge in [0.1, 0.15) is 0 Å². The van der Waals surface area contributed by atoms with Crippen LogP contribution < -0.4 is 4.90 Å². The molecule has 5 nitrogen and oxygen atoms in total. The Kier molecular flexibility index (Phi) is 5.93. The summed E-state index contributed by atoms with van der Waals surface area (Å²) in [5.41, 5.74) is 1.76. The molecule has 2 fully saturated rings. The molecule has 0 aromatic heterocycles. The summed E-state index contributed by atoms with van der Waals surface area (Å²) in [6, 6.07) is 14.6. The number of thioether (sulfide) groups is 1. The van der Waals surface area contributed by atoms with Crippen molar-refractivity contribution in [1.29, 1.82) is 0 Å². The van der Waals surface area contributed by atoms with E-state index in [1.54, 1.807) is 18.2 Å². The second kappa shape index (κ2) is 8.30. The molecular formula is C20H18Cl2N2O3S2. The summed E-state index contributed by atoms with van der Waals surface area (Å²) >= 11 is 13.5. The molecule has 0 aliphatic carbocycles. The monoisotopic (exact) mass is 468 g/mol. The quantitative estimate of drug-likeness (QED) is 0.671. The summed E-state index contributed by atoms with van der Waals surface area (Å²) in [4.78, 5) is 18.7. The lowest BCUT2D eigenvalue weighted by Gasteiger charge is -2.24. The topological polar surface area (TPSA) is 66.8 Å². The molecule has 2 aliphatic heterocycles. The van der Waals surface area contributed by atoms with E-state index in [2.05, 4.69) is 4.99 Å². The number of nitrogens with zero attached hydrogens (tertiary/aromatic N) is 2. The van der Waals surface area contributed by atoms with E-state index in [1.807, 2.05) is 35.2 Å². The first-order valence-electron chi connectivity index (χ1n) is 9.09. The zero-order valence-corrected chi connectivity index (χ0v) is 18.4. The predicted octanol–water partition coefficient (Wildman–Crippen LogP) is 4.23. The molecule has 0 bridgehead atoms. The fourth-order valence-corrected chi connectivity index (χ4v) is 7.78. The maximum atomic E-state index is 12.5. The number of anilines is 1. The van der Waals surface area contributed by atoms with Crippen molar-refractivity contribution in [2.24, 2.45) is 4.99 Å². The van der Waals surface area contributed by atoms with Crippen LogP contribution in [0.25, 0.3) is 0 Å². The van der Waals surface area contributed by atoms with Crippen LogP contribution in [0.5, 0.6) is 0 Å². The van der Waals surface area contributed by atoms with Gasteiger partial charge in [-0.05, 0) is 30.2 Å². The fourth-order valence-electron chi connectivity index (χ4n) is 3.56. The Morgan fingerprint density at radius 2 is 1.86 bits per heavy atom. The molecule has 0 spiro atoms.